The van der Waals surface area contributed by atoms with Crippen molar-refractivity contribution in [1.29, 1.82) is 0 Å². The number of hydrogen-bond donors (Lipinski definition) is 0. The minimum absolute atomic E-state index is 0.134. The summed E-state index contributed by atoms with van der Waals surface area (Å²) >= 11 is 0. The Morgan fingerprint density at radius 3 is 2.03 bits per heavy atom. The van der Waals surface area contributed by atoms with Crippen LogP contribution < -0.4 is 5.56 Å². The lowest BCUT2D eigenvalue weighted by Gasteiger charge is -2.34. The monoisotopic (exact) mass is 424 g/mol. The number of amides is 1. The molecule has 3 aromatic carbocycles. The van der Waals surface area contributed by atoms with Gasteiger partial charge in [-0.15, -0.1) is 0 Å². The summed E-state index contributed by atoms with van der Waals surface area (Å²) in [5.41, 5.74) is 2.01. The summed E-state index contributed by atoms with van der Waals surface area (Å²) in [6, 6.07) is 26.8. The standard InChI is InChI=1S/C26H24N4O2/c31-25-23-14-8-7-13-22(23)24(27-30(25)21-11-5-2-6-12-21)26(32)29-17-15-28(16-18-29)19-20-9-3-1-4-10-20/h1-14H,15-19H2. The number of piperazine rings is 1. The molecule has 1 fully saturated rings. The first-order valence-electron chi connectivity index (χ1n) is 10.8. The molecule has 32 heavy (non-hydrogen) atoms. The molecule has 0 N–H and O–H groups in total. The summed E-state index contributed by atoms with van der Waals surface area (Å²) in [7, 11) is 0. The van der Waals surface area contributed by atoms with Crippen molar-refractivity contribution < 1.29 is 4.79 Å². The molecular weight excluding hydrogens is 400 g/mol. The Hall–Kier alpha value is -3.77. The second-order valence-electron chi connectivity index (χ2n) is 8.00. The summed E-state index contributed by atoms with van der Waals surface area (Å²) in [5.74, 6) is -0.134. The summed E-state index contributed by atoms with van der Waals surface area (Å²) < 4.78 is 1.33. The van der Waals surface area contributed by atoms with Crippen LogP contribution in [0.2, 0.25) is 0 Å². The van der Waals surface area contributed by atoms with E-state index in [0.717, 1.165) is 19.6 Å². The molecule has 0 saturated carbocycles. The first-order chi connectivity index (χ1) is 15.7. The van der Waals surface area contributed by atoms with E-state index in [1.165, 1.54) is 10.2 Å². The molecular formula is C26H24N4O2. The third kappa shape index (κ3) is 3.92. The summed E-state index contributed by atoms with van der Waals surface area (Å²) in [4.78, 5) is 30.8. The zero-order valence-corrected chi connectivity index (χ0v) is 17.7. The highest BCUT2D eigenvalue weighted by molar-refractivity contribution is 6.04. The second-order valence-corrected chi connectivity index (χ2v) is 8.00. The van der Waals surface area contributed by atoms with E-state index >= 15 is 0 Å². The molecule has 160 valence electrons. The van der Waals surface area contributed by atoms with Crippen LogP contribution in [0.4, 0.5) is 0 Å². The highest BCUT2D eigenvalue weighted by Crippen LogP contribution is 2.18. The number of nitrogens with zero attached hydrogens (tertiary/aromatic N) is 4. The highest BCUT2D eigenvalue weighted by atomic mass is 16.2. The minimum atomic E-state index is -0.226. The van der Waals surface area contributed by atoms with Crippen molar-refractivity contribution in [3.05, 3.63) is 107 Å². The van der Waals surface area contributed by atoms with E-state index < -0.39 is 0 Å². The lowest BCUT2D eigenvalue weighted by molar-refractivity contribution is 0.0623. The number of para-hydroxylation sites is 1. The Morgan fingerprint density at radius 1 is 0.750 bits per heavy atom. The first kappa shape index (κ1) is 20.2. The van der Waals surface area contributed by atoms with Crippen LogP contribution in [0.1, 0.15) is 16.1 Å². The van der Waals surface area contributed by atoms with Crippen molar-refractivity contribution >= 4 is 16.7 Å². The highest BCUT2D eigenvalue weighted by Gasteiger charge is 2.26. The van der Waals surface area contributed by atoms with Gasteiger partial charge in [-0.1, -0.05) is 66.7 Å². The predicted molar refractivity (Wildman–Crippen MR) is 125 cm³/mol. The molecule has 5 rings (SSSR count). The topological polar surface area (TPSA) is 58.4 Å². The molecule has 1 amide bonds. The molecule has 1 aliphatic heterocycles. The van der Waals surface area contributed by atoms with Crippen LogP contribution in [-0.4, -0.2) is 51.7 Å². The van der Waals surface area contributed by atoms with Gasteiger partial charge in [-0.2, -0.15) is 9.78 Å². The molecule has 1 aliphatic rings. The third-order valence-corrected chi connectivity index (χ3v) is 5.92. The second kappa shape index (κ2) is 8.77. The van der Waals surface area contributed by atoms with E-state index in [9.17, 15) is 9.59 Å². The summed E-state index contributed by atoms with van der Waals surface area (Å²) in [6.45, 7) is 3.75. The van der Waals surface area contributed by atoms with Gasteiger partial charge in [-0.3, -0.25) is 14.5 Å². The van der Waals surface area contributed by atoms with Gasteiger partial charge in [0.1, 0.15) is 0 Å². The first-order valence-corrected chi connectivity index (χ1v) is 10.8. The van der Waals surface area contributed by atoms with Gasteiger partial charge in [0.2, 0.25) is 0 Å². The molecule has 0 aliphatic carbocycles. The molecule has 0 atom stereocenters. The van der Waals surface area contributed by atoms with Crippen molar-refractivity contribution in [3.8, 4) is 5.69 Å². The van der Waals surface area contributed by atoms with Crippen molar-refractivity contribution in [2.24, 2.45) is 0 Å². The molecule has 2 heterocycles. The zero-order chi connectivity index (χ0) is 21.9. The van der Waals surface area contributed by atoms with Gasteiger partial charge in [0.15, 0.2) is 5.69 Å². The molecule has 0 bridgehead atoms. The zero-order valence-electron chi connectivity index (χ0n) is 17.7. The van der Waals surface area contributed by atoms with Gasteiger partial charge < -0.3 is 4.90 Å². The van der Waals surface area contributed by atoms with Gasteiger partial charge in [0.25, 0.3) is 11.5 Å². The fraction of sp³-hybridized carbons (Fsp3) is 0.192. The van der Waals surface area contributed by atoms with Gasteiger partial charge in [0, 0.05) is 38.1 Å². The molecule has 4 aromatic rings. The molecule has 6 heteroatoms. The maximum absolute atomic E-state index is 13.5. The van der Waals surface area contributed by atoms with Crippen LogP contribution in [0.3, 0.4) is 0 Å². The normalized spacial score (nSPS) is 14.6. The number of hydrogen-bond acceptors (Lipinski definition) is 4. The fourth-order valence-electron chi connectivity index (χ4n) is 4.19. The van der Waals surface area contributed by atoms with E-state index in [0.29, 0.717) is 35.2 Å². The largest absolute Gasteiger partial charge is 0.335 e. The molecule has 1 saturated heterocycles. The molecule has 1 aromatic heterocycles. The average molecular weight is 425 g/mol. The number of aromatic nitrogens is 2. The van der Waals surface area contributed by atoms with Crippen molar-refractivity contribution in [2.45, 2.75) is 6.54 Å². The maximum Gasteiger partial charge on any atom is 0.279 e. The number of rotatable bonds is 4. The van der Waals surface area contributed by atoms with Gasteiger partial charge >= 0.3 is 0 Å². The Kier molecular flexibility index (Phi) is 5.52. The number of fused-ring (bicyclic) bond motifs is 1. The number of carbonyl (C=O) groups excluding carboxylic acids is 1. The van der Waals surface area contributed by atoms with Crippen LogP contribution in [-0.2, 0) is 6.54 Å². The van der Waals surface area contributed by atoms with Crippen molar-refractivity contribution in [2.75, 3.05) is 26.2 Å². The predicted octanol–water partition coefficient (Wildman–Crippen LogP) is 3.34. The van der Waals surface area contributed by atoms with Crippen molar-refractivity contribution in [1.82, 2.24) is 19.6 Å². The third-order valence-electron chi connectivity index (χ3n) is 5.92. The van der Waals surface area contributed by atoms with E-state index in [1.54, 1.807) is 12.1 Å². The molecule has 6 nitrogen and oxygen atoms in total. The van der Waals surface area contributed by atoms with Crippen LogP contribution >= 0.6 is 0 Å². The molecule has 0 radical (unpaired) electrons. The van der Waals surface area contributed by atoms with Gasteiger partial charge in [0.05, 0.1) is 11.1 Å². The van der Waals surface area contributed by atoms with Crippen molar-refractivity contribution in [3.63, 3.8) is 0 Å². The number of benzene rings is 3. The van der Waals surface area contributed by atoms with Gasteiger partial charge in [-0.25, -0.2) is 0 Å². The summed E-state index contributed by atoms with van der Waals surface area (Å²) in [6.07, 6.45) is 0. The Balaban J connectivity index is 1.43. The summed E-state index contributed by atoms with van der Waals surface area (Å²) in [5, 5.41) is 5.63. The molecule has 0 spiro atoms. The van der Waals surface area contributed by atoms with E-state index in [2.05, 4.69) is 22.1 Å². The average Bonchev–Trinajstić information content (AvgIpc) is 2.86. The Bertz CT molecular complexity index is 1290. The quantitative estimate of drug-likeness (QED) is 0.504. The Morgan fingerprint density at radius 2 is 1.34 bits per heavy atom. The fourth-order valence-corrected chi connectivity index (χ4v) is 4.19. The van der Waals surface area contributed by atoms with E-state index in [1.807, 2.05) is 65.6 Å². The van der Waals surface area contributed by atoms with E-state index in [-0.39, 0.29) is 11.5 Å². The SMILES string of the molecule is O=C(c1nn(-c2ccccc2)c(=O)c2ccccc12)N1CCN(Cc2ccccc2)CC1. The van der Waals surface area contributed by atoms with Crippen LogP contribution in [0.15, 0.2) is 89.7 Å². The molecule has 0 unspecified atom stereocenters. The van der Waals surface area contributed by atoms with Gasteiger partial charge in [-0.05, 0) is 23.8 Å². The van der Waals surface area contributed by atoms with Crippen LogP contribution in [0.25, 0.3) is 16.5 Å². The van der Waals surface area contributed by atoms with Crippen LogP contribution in [0.5, 0.6) is 0 Å². The smallest absolute Gasteiger partial charge is 0.279 e. The minimum Gasteiger partial charge on any atom is -0.335 e. The van der Waals surface area contributed by atoms with E-state index in [4.69, 9.17) is 0 Å². The lowest BCUT2D eigenvalue weighted by Crippen LogP contribution is -2.48. The number of carbonyl (C=O) groups is 1. The van der Waals surface area contributed by atoms with Crippen LogP contribution in [0, 0.1) is 0 Å². The Labute approximate surface area is 186 Å². The lowest BCUT2D eigenvalue weighted by atomic mass is 10.1. The maximum atomic E-state index is 13.5.